The van der Waals surface area contributed by atoms with Gasteiger partial charge in [-0.05, 0) is 17.7 Å². The lowest BCUT2D eigenvalue weighted by molar-refractivity contribution is -0.117. The molecular formula is C12H16BrNO2. The predicted octanol–water partition coefficient (Wildman–Crippen LogP) is 3.00. The van der Waals surface area contributed by atoms with E-state index in [-0.39, 0.29) is 5.91 Å². The fourth-order valence-corrected chi connectivity index (χ4v) is 2.19. The molecule has 0 N–H and O–H groups in total. The van der Waals surface area contributed by atoms with Crippen LogP contribution in [0.5, 0.6) is 5.75 Å². The van der Waals surface area contributed by atoms with Gasteiger partial charge in [-0.1, -0.05) is 29.8 Å². The largest absolute Gasteiger partial charge is 0.495 e. The topological polar surface area (TPSA) is 29.5 Å². The number of hydrogen-bond acceptors (Lipinski definition) is 2. The molecule has 1 aliphatic heterocycles. The summed E-state index contributed by atoms with van der Waals surface area (Å²) in [6, 6.07) is 3.83. The minimum absolute atomic E-state index is 0.108. The van der Waals surface area contributed by atoms with Gasteiger partial charge in [0, 0.05) is 11.5 Å². The van der Waals surface area contributed by atoms with Crippen LogP contribution in [0.2, 0.25) is 0 Å². The molecule has 0 unspecified atom stereocenters. The zero-order valence-electron chi connectivity index (χ0n) is 10.0. The van der Waals surface area contributed by atoms with E-state index in [1.54, 1.807) is 19.1 Å². The number of ether oxygens (including phenoxy) is 1. The summed E-state index contributed by atoms with van der Waals surface area (Å²) in [5.41, 5.74) is 1.91. The molecule has 4 heteroatoms. The first kappa shape index (κ1) is 13.0. The molecule has 3 nitrogen and oxygen atoms in total. The van der Waals surface area contributed by atoms with Crippen molar-refractivity contribution in [1.29, 1.82) is 0 Å². The van der Waals surface area contributed by atoms with E-state index in [1.165, 1.54) is 0 Å². The van der Waals surface area contributed by atoms with Crippen molar-refractivity contribution in [2.24, 2.45) is 0 Å². The average Bonchev–Trinajstić information content (AvgIpc) is 2.56. The Morgan fingerprint density at radius 2 is 2.00 bits per heavy atom. The quantitative estimate of drug-likeness (QED) is 0.794. The molecule has 0 fully saturated rings. The summed E-state index contributed by atoms with van der Waals surface area (Å²) in [5.74, 6) is 0.846. The van der Waals surface area contributed by atoms with Crippen molar-refractivity contribution in [2.45, 2.75) is 20.3 Å². The molecule has 0 aliphatic carbocycles. The molecule has 1 aromatic rings. The highest BCUT2D eigenvalue weighted by atomic mass is 79.9. The van der Waals surface area contributed by atoms with Crippen LogP contribution in [0.4, 0.5) is 5.69 Å². The Morgan fingerprint density at radius 3 is 2.56 bits per heavy atom. The number of nitrogens with zero attached hydrogens (tertiary/aromatic N) is 1. The second-order valence-corrected chi connectivity index (χ2v) is 4.16. The molecule has 0 saturated heterocycles. The van der Waals surface area contributed by atoms with Crippen LogP contribution in [0.25, 0.3) is 0 Å². The SMILES string of the molecule is CC.COc1cc(Br)cc2c1N(C)C(=O)C2. The van der Waals surface area contributed by atoms with Gasteiger partial charge in [-0.3, -0.25) is 4.79 Å². The molecule has 0 spiro atoms. The molecule has 2 rings (SSSR count). The number of hydrogen-bond donors (Lipinski definition) is 0. The van der Waals surface area contributed by atoms with Gasteiger partial charge in [0.2, 0.25) is 5.91 Å². The van der Waals surface area contributed by atoms with Gasteiger partial charge in [-0.15, -0.1) is 0 Å². The van der Waals surface area contributed by atoms with E-state index < -0.39 is 0 Å². The number of benzene rings is 1. The van der Waals surface area contributed by atoms with Gasteiger partial charge < -0.3 is 9.64 Å². The number of halogens is 1. The van der Waals surface area contributed by atoms with E-state index in [9.17, 15) is 4.79 Å². The molecule has 16 heavy (non-hydrogen) atoms. The number of fused-ring (bicyclic) bond motifs is 1. The first-order valence-corrected chi connectivity index (χ1v) is 6.05. The van der Waals surface area contributed by atoms with Crippen molar-refractivity contribution in [3.63, 3.8) is 0 Å². The number of rotatable bonds is 1. The summed E-state index contributed by atoms with van der Waals surface area (Å²) in [6.07, 6.45) is 0.460. The summed E-state index contributed by atoms with van der Waals surface area (Å²) in [5, 5.41) is 0. The minimum atomic E-state index is 0.108. The van der Waals surface area contributed by atoms with E-state index in [0.29, 0.717) is 6.42 Å². The maximum Gasteiger partial charge on any atom is 0.231 e. The van der Waals surface area contributed by atoms with Crippen LogP contribution in [-0.4, -0.2) is 20.1 Å². The third kappa shape index (κ3) is 2.21. The maximum absolute atomic E-state index is 11.5. The van der Waals surface area contributed by atoms with Crippen molar-refractivity contribution in [2.75, 3.05) is 19.1 Å². The maximum atomic E-state index is 11.5. The van der Waals surface area contributed by atoms with Crippen LogP contribution in [0.1, 0.15) is 19.4 Å². The van der Waals surface area contributed by atoms with Crippen molar-refractivity contribution in [1.82, 2.24) is 0 Å². The van der Waals surface area contributed by atoms with Crippen molar-refractivity contribution >= 4 is 27.5 Å². The predicted molar refractivity (Wildman–Crippen MR) is 69.2 cm³/mol. The Morgan fingerprint density at radius 1 is 1.38 bits per heavy atom. The highest BCUT2D eigenvalue weighted by molar-refractivity contribution is 9.10. The number of carbonyl (C=O) groups is 1. The van der Waals surface area contributed by atoms with Gasteiger partial charge in [-0.25, -0.2) is 0 Å². The smallest absolute Gasteiger partial charge is 0.231 e. The molecule has 88 valence electrons. The van der Waals surface area contributed by atoms with Gasteiger partial charge in [0.1, 0.15) is 5.75 Å². The molecule has 0 bridgehead atoms. The highest BCUT2D eigenvalue weighted by Gasteiger charge is 2.27. The second kappa shape index (κ2) is 5.34. The van der Waals surface area contributed by atoms with E-state index in [1.807, 2.05) is 26.0 Å². The molecule has 0 saturated carbocycles. The third-order valence-corrected chi connectivity index (χ3v) is 2.85. The van der Waals surface area contributed by atoms with Crippen molar-refractivity contribution in [3.05, 3.63) is 22.2 Å². The van der Waals surface area contributed by atoms with Crippen molar-refractivity contribution < 1.29 is 9.53 Å². The van der Waals surface area contributed by atoms with Gasteiger partial charge in [-0.2, -0.15) is 0 Å². The Balaban J connectivity index is 0.000000606. The summed E-state index contributed by atoms with van der Waals surface area (Å²) in [6.45, 7) is 4.00. The van der Waals surface area contributed by atoms with Crippen LogP contribution in [0.15, 0.2) is 16.6 Å². The summed E-state index contributed by atoms with van der Waals surface area (Å²) in [4.78, 5) is 13.1. The summed E-state index contributed by atoms with van der Waals surface area (Å²) >= 11 is 3.39. The lowest BCUT2D eigenvalue weighted by Crippen LogP contribution is -2.21. The molecule has 1 heterocycles. The molecule has 1 aromatic carbocycles. The number of methoxy groups -OCH3 is 1. The molecule has 0 atom stereocenters. The Kier molecular flexibility index (Phi) is 4.35. The fourth-order valence-electron chi connectivity index (χ4n) is 1.71. The second-order valence-electron chi connectivity index (χ2n) is 3.25. The zero-order valence-corrected chi connectivity index (χ0v) is 11.6. The first-order valence-electron chi connectivity index (χ1n) is 5.26. The molecule has 1 aliphatic rings. The lowest BCUT2D eigenvalue weighted by atomic mass is 10.1. The minimum Gasteiger partial charge on any atom is -0.495 e. The summed E-state index contributed by atoms with van der Waals surface area (Å²) < 4.78 is 6.17. The van der Waals surface area contributed by atoms with Gasteiger partial charge >= 0.3 is 0 Å². The first-order chi connectivity index (χ1) is 7.63. The van der Waals surface area contributed by atoms with E-state index in [0.717, 1.165) is 21.5 Å². The molecule has 0 radical (unpaired) electrons. The van der Waals surface area contributed by atoms with E-state index >= 15 is 0 Å². The Labute approximate surface area is 105 Å². The molecular weight excluding hydrogens is 270 g/mol. The van der Waals surface area contributed by atoms with E-state index in [2.05, 4.69) is 15.9 Å². The number of amides is 1. The van der Waals surface area contributed by atoms with Gasteiger partial charge in [0.25, 0.3) is 0 Å². The van der Waals surface area contributed by atoms with Crippen molar-refractivity contribution in [3.8, 4) is 5.75 Å². The number of anilines is 1. The summed E-state index contributed by atoms with van der Waals surface area (Å²) in [7, 11) is 3.38. The number of likely N-dealkylation sites (N-methyl/N-ethyl adjacent to an activating group) is 1. The van der Waals surface area contributed by atoms with Gasteiger partial charge in [0.15, 0.2) is 0 Å². The average molecular weight is 286 g/mol. The molecule has 1 amide bonds. The van der Waals surface area contributed by atoms with Crippen LogP contribution in [-0.2, 0) is 11.2 Å². The Bertz CT molecular complexity index is 404. The van der Waals surface area contributed by atoms with Crippen LogP contribution in [0.3, 0.4) is 0 Å². The fraction of sp³-hybridized carbons (Fsp3) is 0.417. The van der Waals surface area contributed by atoms with Crippen LogP contribution >= 0.6 is 15.9 Å². The Hall–Kier alpha value is -1.03. The standard InChI is InChI=1S/C10H10BrNO2.C2H6/c1-12-9(13)4-6-3-7(11)5-8(14-2)10(6)12;1-2/h3,5H,4H2,1-2H3;1-2H3. The monoisotopic (exact) mass is 285 g/mol. The highest BCUT2D eigenvalue weighted by Crippen LogP contribution is 2.39. The molecule has 0 aromatic heterocycles. The number of carbonyl (C=O) groups excluding carboxylic acids is 1. The van der Waals surface area contributed by atoms with Crippen LogP contribution < -0.4 is 9.64 Å². The lowest BCUT2D eigenvalue weighted by Gasteiger charge is -2.14. The third-order valence-electron chi connectivity index (χ3n) is 2.39. The van der Waals surface area contributed by atoms with Crippen LogP contribution in [0, 0.1) is 0 Å². The zero-order chi connectivity index (χ0) is 12.3. The van der Waals surface area contributed by atoms with Gasteiger partial charge in [0.05, 0.1) is 19.2 Å². The van der Waals surface area contributed by atoms with E-state index in [4.69, 9.17) is 4.74 Å². The normalized spacial score (nSPS) is 13.1.